The number of ketones is 1. The second-order valence-corrected chi connectivity index (χ2v) is 26.5. The fourth-order valence-corrected chi connectivity index (χ4v) is 16.8. The van der Waals surface area contributed by atoms with Crippen LogP contribution in [0.5, 0.6) is 28.7 Å². The summed E-state index contributed by atoms with van der Waals surface area (Å²) in [6.45, 7) is 4.25. The summed E-state index contributed by atoms with van der Waals surface area (Å²) >= 11 is 0. The number of phenolic OH excluding ortho intramolecular Hbond substituents is 2. The van der Waals surface area contributed by atoms with E-state index in [0.717, 1.165) is 73.8 Å². The summed E-state index contributed by atoms with van der Waals surface area (Å²) in [6, 6.07) is 10.4. The average Bonchev–Trinajstić information content (AvgIpc) is 4.03. The normalized spacial score (nSPS) is 29.3. The van der Waals surface area contributed by atoms with Crippen molar-refractivity contribution in [3.05, 3.63) is 75.3 Å². The topological polar surface area (TPSA) is 250 Å². The molecule has 3 aliphatic carbocycles. The van der Waals surface area contributed by atoms with Gasteiger partial charge in [-0.15, -0.1) is 0 Å². The van der Waals surface area contributed by atoms with Crippen LogP contribution in [0.25, 0.3) is 0 Å². The lowest BCUT2D eigenvalue weighted by atomic mass is 9.58. The number of nitrogens with zero attached hydrogens (tertiary/aromatic N) is 1. The molecule has 10 rings (SSSR count). The minimum atomic E-state index is -1.28. The van der Waals surface area contributed by atoms with E-state index in [1.54, 1.807) is 40.8 Å². The number of aliphatic hydroxyl groups excluding tert-OH is 4. The minimum Gasteiger partial charge on any atom is -0.508 e. The monoisotopic (exact) mass is 1150 g/mol. The van der Waals surface area contributed by atoms with Crippen LogP contribution in [-0.2, 0) is 48.2 Å². The van der Waals surface area contributed by atoms with Gasteiger partial charge in [0, 0.05) is 79.3 Å². The third-order valence-corrected chi connectivity index (χ3v) is 20.8. The smallest absolute Gasteiger partial charge is 0.201 e. The van der Waals surface area contributed by atoms with Crippen molar-refractivity contribution in [2.24, 2.45) is 45.7 Å². The Kier molecular flexibility index (Phi) is 20.8. The molecular weight excluding hydrogens is 1070 g/mol. The van der Waals surface area contributed by atoms with Gasteiger partial charge in [0.25, 0.3) is 0 Å². The molecule has 11 atom stereocenters. The average molecular weight is 1150 g/mol. The van der Waals surface area contributed by atoms with Crippen LogP contribution in [0.15, 0.2) is 41.4 Å². The Morgan fingerprint density at radius 2 is 1.78 bits per heavy atom. The van der Waals surface area contributed by atoms with Gasteiger partial charge < -0.3 is 66.0 Å². The zero-order valence-corrected chi connectivity index (χ0v) is 49.2. The van der Waals surface area contributed by atoms with Gasteiger partial charge >= 0.3 is 0 Å². The van der Waals surface area contributed by atoms with E-state index in [9.17, 15) is 35.4 Å². The first-order valence-electron chi connectivity index (χ1n) is 29.2. The molecule has 6 bridgehead atoms. The number of hydrogen-bond acceptors (Lipinski definition) is 18. The van der Waals surface area contributed by atoms with Crippen LogP contribution in [0.1, 0.15) is 130 Å². The number of phenols is 2. The summed E-state index contributed by atoms with van der Waals surface area (Å²) in [6.07, 6.45) is 7.93. The van der Waals surface area contributed by atoms with Gasteiger partial charge in [0.1, 0.15) is 18.3 Å². The number of hydrogen-bond donors (Lipinski definition) is 10. The molecule has 18 heteroatoms. The summed E-state index contributed by atoms with van der Waals surface area (Å²) in [7, 11) is 7.08. The molecule has 16 nitrogen and oxygen atoms in total. The van der Waals surface area contributed by atoms with Crippen molar-refractivity contribution < 1.29 is 54.4 Å². The number of rotatable bonds is 12. The summed E-state index contributed by atoms with van der Waals surface area (Å²) in [5, 5.41) is 76.6. The number of guanidine groups is 1. The molecule has 81 heavy (non-hydrogen) atoms. The van der Waals surface area contributed by atoms with Gasteiger partial charge in [-0.05, 0) is 154 Å². The maximum atomic E-state index is 13.5. The molecule has 0 unspecified atom stereocenters. The van der Waals surface area contributed by atoms with Gasteiger partial charge in [-0.1, -0.05) is 77.3 Å². The molecule has 0 aromatic heterocycles. The predicted octanol–water partition coefficient (Wildman–Crippen LogP) is 6.81. The standard InChI is InChI=1S/C63H85N5O11S2/c1-38(2)55-34-81-80-33-53-52-29-51-42-12-17-48(73)28-47(72)15-10-40-13-19-56(74)58(78-37-70)50(40)8-5-7-43(26-42)57(59(51)79-60(52)75)77-36-66-63(22-6-9-54(53)67-61(64)68-55)35-62(24-21-45(63)14-18-49(32-69)76-4)23-20-39(30-62)25-41-11-16-46(71)27-44(41)31-65-3/h11,13,16,19,26-27,38-39,45,48-49,52-55,60,65-66,69-71,73-75H,7,10,12,14-15,17-18,20-25,28-37H2,1-4H3,(H3,64,67,68)/t39-,45+,48-,49-,52-,53-,54-,55+,60+,62+,63+/m1/s1. The number of aliphatic hydroxyl groups is 4. The number of aryl methyl sites for hydroxylation is 2. The van der Waals surface area contributed by atoms with Gasteiger partial charge in [-0.2, -0.15) is 0 Å². The van der Waals surface area contributed by atoms with Gasteiger partial charge in [0.15, 0.2) is 35.8 Å². The third kappa shape index (κ3) is 14.6. The van der Waals surface area contributed by atoms with Crippen LogP contribution in [0.3, 0.4) is 0 Å². The van der Waals surface area contributed by atoms with Gasteiger partial charge in [-0.3, -0.25) is 10.1 Å². The highest BCUT2D eigenvalue weighted by molar-refractivity contribution is 8.76. The summed E-state index contributed by atoms with van der Waals surface area (Å²) < 4.78 is 25.3. The zero-order chi connectivity index (χ0) is 57.3. The summed E-state index contributed by atoms with van der Waals surface area (Å²) in [4.78, 5) is 18.5. The van der Waals surface area contributed by atoms with Crippen LogP contribution >= 0.6 is 21.6 Å². The molecule has 3 aromatic rings. The molecule has 11 N–H and O–H groups in total. The lowest BCUT2D eigenvalue weighted by molar-refractivity contribution is -0.121. The summed E-state index contributed by atoms with van der Waals surface area (Å²) in [5.74, 6) is 16.6. The maximum absolute atomic E-state index is 13.5. The lowest BCUT2D eigenvalue weighted by Gasteiger charge is -2.52. The number of carbonyl (C=O) groups excluding carboxylic acids is 1. The Labute approximate surface area is 486 Å². The Bertz CT molecular complexity index is 2840. The van der Waals surface area contributed by atoms with E-state index < -0.39 is 36.7 Å². The lowest BCUT2D eigenvalue weighted by Crippen LogP contribution is -2.58. The number of fused-ring (bicyclic) bond motifs is 7. The first-order chi connectivity index (χ1) is 39.1. The van der Waals surface area contributed by atoms with Crippen molar-refractivity contribution in [3.63, 3.8) is 0 Å². The number of Topliss-reactive ketones (excluding diaryl/α,β-unsaturated/α-hetero) is 1. The Morgan fingerprint density at radius 3 is 2.57 bits per heavy atom. The van der Waals surface area contributed by atoms with E-state index in [4.69, 9.17) is 29.7 Å². The number of benzene rings is 3. The van der Waals surface area contributed by atoms with E-state index in [2.05, 4.69) is 65.6 Å². The van der Waals surface area contributed by atoms with Gasteiger partial charge in [0.2, 0.25) is 6.29 Å². The number of methoxy groups -OCH3 is 1. The predicted molar refractivity (Wildman–Crippen MR) is 317 cm³/mol. The number of ether oxygens (including phenoxy) is 4. The van der Waals surface area contributed by atoms with Crippen LogP contribution < -0.4 is 35.9 Å². The van der Waals surface area contributed by atoms with E-state index in [1.165, 1.54) is 11.6 Å². The van der Waals surface area contributed by atoms with E-state index >= 15 is 0 Å². The van der Waals surface area contributed by atoms with E-state index in [1.807, 2.05) is 13.1 Å². The van der Waals surface area contributed by atoms with Gasteiger partial charge in [-0.25, -0.2) is 4.99 Å². The highest BCUT2D eigenvalue weighted by Crippen LogP contribution is 2.58. The zero-order valence-electron chi connectivity index (χ0n) is 47.6. The maximum Gasteiger partial charge on any atom is 0.201 e. The molecule has 4 heterocycles. The molecule has 4 aliphatic heterocycles. The van der Waals surface area contributed by atoms with Gasteiger partial charge in [0.05, 0.1) is 36.5 Å². The van der Waals surface area contributed by atoms with E-state index in [-0.39, 0.29) is 97.4 Å². The fourth-order valence-electron chi connectivity index (χ4n) is 13.9. The third-order valence-electron chi connectivity index (χ3n) is 18.3. The molecule has 7 aliphatic rings. The van der Waals surface area contributed by atoms with Crippen molar-refractivity contribution >= 4 is 33.3 Å². The first kappa shape index (κ1) is 60.7. The quantitative estimate of drug-likeness (QED) is 0.0508. The van der Waals surface area contributed by atoms with Crippen LogP contribution in [0.4, 0.5) is 0 Å². The summed E-state index contributed by atoms with van der Waals surface area (Å²) in [5.41, 5.74) is 12.1. The molecule has 2 saturated carbocycles. The van der Waals surface area contributed by atoms with Crippen molar-refractivity contribution in [2.75, 3.05) is 45.8 Å². The molecule has 0 saturated heterocycles. The second-order valence-electron chi connectivity index (χ2n) is 24.0. The van der Waals surface area contributed by atoms with Crippen LogP contribution in [0.2, 0.25) is 0 Å². The largest absolute Gasteiger partial charge is 0.508 e. The Balaban J connectivity index is 1.17. The van der Waals surface area contributed by atoms with Crippen molar-refractivity contribution in [3.8, 4) is 52.4 Å². The number of nitrogens with one attached hydrogen (secondary N) is 3. The molecule has 0 radical (unpaired) electrons. The van der Waals surface area contributed by atoms with Crippen LogP contribution in [0, 0.1) is 58.7 Å². The highest BCUT2D eigenvalue weighted by atomic mass is 33.1. The molecule has 0 amide bonds. The second kappa shape index (κ2) is 27.7. The molecule has 3 aromatic carbocycles. The number of nitrogens with two attached hydrogens (primary N) is 1. The van der Waals surface area contributed by atoms with Crippen molar-refractivity contribution in [2.45, 2.75) is 166 Å². The molecular formula is C63H85N5O11S2. The number of carbonyl (C=O) groups is 1. The minimum absolute atomic E-state index is 0.00254. The molecule has 440 valence electrons. The number of aromatic hydroxyl groups is 2. The first-order valence-corrected chi connectivity index (χ1v) is 31.7. The molecule has 2 spiro atoms. The fraction of sp³-hybridized carbons (Fsp3) is 0.619. The van der Waals surface area contributed by atoms with Crippen molar-refractivity contribution in [1.82, 2.24) is 16.0 Å². The molecule has 2 fully saturated rings. The highest BCUT2D eigenvalue weighted by Gasteiger charge is 2.52. The van der Waals surface area contributed by atoms with Crippen molar-refractivity contribution in [1.29, 1.82) is 0 Å². The number of aliphatic imine (C=N–C) groups is 1. The Hall–Kier alpha value is -4.86. The Morgan fingerprint density at radius 1 is 0.951 bits per heavy atom. The van der Waals surface area contributed by atoms with E-state index in [0.29, 0.717) is 84.5 Å². The van der Waals surface area contributed by atoms with Crippen LogP contribution in [-0.4, -0.2) is 124 Å². The SMILES string of the molecule is CNCc1cc(O)ccc1C[C@H]1CC[C@]2(CC[C@H](CC[C@H](CO)OC)[C@]3(CC#C[C@H]4NC(N)=N[C@H](C(C)C)CSSC[C@@H]4[C@H]4Cc5c6cc(c(c5O[C@@H]4O)OCN3)CC#Cc3c(ccc(O)c3OCO)CCC(=O)C[C@H](O)CC6)C2)C1.